The van der Waals surface area contributed by atoms with Crippen molar-refractivity contribution in [3.05, 3.63) is 29.8 Å². The Balaban J connectivity index is 0.000000292. The SMILES string of the molecule is Fc1ccnc(F)c1F.O=S(=O)(Cl)Cl. The van der Waals surface area contributed by atoms with E-state index in [1.807, 2.05) is 0 Å². The van der Waals surface area contributed by atoms with Crippen molar-refractivity contribution >= 4 is 29.6 Å². The third kappa shape index (κ3) is 6.93. The lowest BCUT2D eigenvalue weighted by molar-refractivity contribution is 0.427. The highest BCUT2D eigenvalue weighted by Crippen LogP contribution is 2.04. The second-order valence-corrected chi connectivity index (χ2v) is 5.44. The van der Waals surface area contributed by atoms with E-state index >= 15 is 0 Å². The molecule has 3 nitrogen and oxygen atoms in total. The quantitative estimate of drug-likeness (QED) is 0.535. The van der Waals surface area contributed by atoms with Crippen LogP contribution in [0.15, 0.2) is 12.3 Å². The summed E-state index contributed by atoms with van der Waals surface area (Å²) in [6.07, 6.45) is 0.855. The van der Waals surface area contributed by atoms with Gasteiger partial charge in [0.25, 0.3) is 5.95 Å². The normalized spacial score (nSPS) is 10.4. The molecule has 80 valence electrons. The van der Waals surface area contributed by atoms with Gasteiger partial charge in [-0.1, -0.05) is 0 Å². The molecule has 1 aromatic rings. The van der Waals surface area contributed by atoms with Crippen LogP contribution in [0.5, 0.6) is 0 Å². The Morgan fingerprint density at radius 3 is 1.93 bits per heavy atom. The van der Waals surface area contributed by atoms with Crippen molar-refractivity contribution in [3.63, 3.8) is 0 Å². The summed E-state index contributed by atoms with van der Waals surface area (Å²) >= 11 is 0. The van der Waals surface area contributed by atoms with E-state index in [1.165, 1.54) is 0 Å². The lowest BCUT2D eigenvalue weighted by atomic mass is 10.4. The number of pyridine rings is 1. The number of rotatable bonds is 0. The Morgan fingerprint density at radius 2 is 1.64 bits per heavy atom. The molecule has 1 heterocycles. The summed E-state index contributed by atoms with van der Waals surface area (Å²) < 4.78 is 54.0. The van der Waals surface area contributed by atoms with Gasteiger partial charge in [0.1, 0.15) is 0 Å². The van der Waals surface area contributed by atoms with Crippen LogP contribution < -0.4 is 0 Å². The van der Waals surface area contributed by atoms with Gasteiger partial charge in [0, 0.05) is 27.6 Å². The standard InChI is InChI=1S/C5H2F3N.Cl2O2S/c6-3-1-2-9-5(8)4(3)7;1-5(2,3)4/h1-2H;. The number of hydrogen-bond acceptors (Lipinski definition) is 3. The third-order valence-electron chi connectivity index (χ3n) is 0.800. The zero-order valence-corrected chi connectivity index (χ0v) is 8.54. The predicted octanol–water partition coefficient (Wildman–Crippen LogP) is 2.21. The highest BCUT2D eigenvalue weighted by molar-refractivity contribution is 8.31. The first-order valence-electron chi connectivity index (χ1n) is 2.81. The van der Waals surface area contributed by atoms with E-state index in [4.69, 9.17) is 8.42 Å². The van der Waals surface area contributed by atoms with Crippen LogP contribution in [0.2, 0.25) is 0 Å². The van der Waals surface area contributed by atoms with Crippen LogP contribution in [-0.4, -0.2) is 13.4 Å². The number of halogens is 5. The monoisotopic (exact) mass is 267 g/mol. The van der Waals surface area contributed by atoms with Crippen molar-refractivity contribution in [1.82, 2.24) is 4.98 Å². The van der Waals surface area contributed by atoms with Gasteiger partial charge in [-0.2, -0.15) is 17.2 Å². The topological polar surface area (TPSA) is 47.0 Å². The fourth-order valence-corrected chi connectivity index (χ4v) is 0.397. The summed E-state index contributed by atoms with van der Waals surface area (Å²) in [6.45, 7) is 0. The molecule has 0 aromatic carbocycles. The van der Waals surface area contributed by atoms with Gasteiger partial charge < -0.3 is 0 Å². The van der Waals surface area contributed by atoms with E-state index in [9.17, 15) is 13.2 Å². The zero-order valence-electron chi connectivity index (χ0n) is 6.22. The predicted molar refractivity (Wildman–Crippen MR) is 44.7 cm³/mol. The molecule has 0 N–H and O–H groups in total. The second kappa shape index (κ2) is 5.38. The highest BCUT2D eigenvalue weighted by atomic mass is 36.0. The first-order valence-corrected chi connectivity index (χ1v) is 5.95. The smallest absolute Gasteiger partial charge is 0.226 e. The van der Waals surface area contributed by atoms with Crippen LogP contribution >= 0.6 is 21.4 Å². The van der Waals surface area contributed by atoms with Crippen LogP contribution in [-0.2, 0) is 8.26 Å². The van der Waals surface area contributed by atoms with E-state index in [0.717, 1.165) is 12.3 Å². The average Bonchev–Trinajstić information content (AvgIpc) is 1.97. The van der Waals surface area contributed by atoms with E-state index < -0.39 is 25.8 Å². The molecule has 0 aliphatic carbocycles. The van der Waals surface area contributed by atoms with Crippen molar-refractivity contribution in [2.45, 2.75) is 0 Å². The molecule has 9 heteroatoms. The molecule has 0 saturated heterocycles. The minimum Gasteiger partial charge on any atom is -0.226 e. The summed E-state index contributed by atoms with van der Waals surface area (Å²) in [5, 5.41) is 0. The van der Waals surface area contributed by atoms with Crippen LogP contribution in [0.3, 0.4) is 0 Å². The minimum atomic E-state index is -3.72. The maximum Gasteiger partial charge on any atom is 0.317 e. The Bertz CT molecular complexity index is 383. The molecular formula is C5H2Cl2F3NO2S. The Hall–Kier alpha value is -0.530. The molecule has 0 saturated carbocycles. The van der Waals surface area contributed by atoms with Crippen molar-refractivity contribution in [2.75, 3.05) is 0 Å². The molecule has 1 rings (SSSR count). The lowest BCUT2D eigenvalue weighted by Crippen LogP contribution is -1.91. The van der Waals surface area contributed by atoms with Crippen molar-refractivity contribution in [1.29, 1.82) is 0 Å². The summed E-state index contributed by atoms with van der Waals surface area (Å²) in [5.41, 5.74) is 0. The molecule has 0 aliphatic heterocycles. The molecule has 0 aliphatic rings. The van der Waals surface area contributed by atoms with Gasteiger partial charge in [-0.05, 0) is 6.07 Å². The Morgan fingerprint density at radius 1 is 1.21 bits per heavy atom. The van der Waals surface area contributed by atoms with E-state index in [-0.39, 0.29) is 0 Å². The lowest BCUT2D eigenvalue weighted by Gasteiger charge is -1.89. The van der Waals surface area contributed by atoms with Gasteiger partial charge in [0.2, 0.25) is 5.82 Å². The van der Waals surface area contributed by atoms with Gasteiger partial charge >= 0.3 is 8.26 Å². The molecule has 14 heavy (non-hydrogen) atoms. The third-order valence-corrected chi connectivity index (χ3v) is 0.800. The van der Waals surface area contributed by atoms with Gasteiger partial charge in [-0.15, -0.1) is 0 Å². The van der Waals surface area contributed by atoms with Crippen molar-refractivity contribution in [3.8, 4) is 0 Å². The first kappa shape index (κ1) is 13.5. The maximum atomic E-state index is 11.9. The minimum absolute atomic E-state index is 0.748. The molecular weight excluding hydrogens is 266 g/mol. The summed E-state index contributed by atoms with van der Waals surface area (Å²) in [7, 11) is 4.81. The molecule has 0 unspecified atom stereocenters. The van der Waals surface area contributed by atoms with E-state index in [0.29, 0.717) is 0 Å². The van der Waals surface area contributed by atoms with Gasteiger partial charge in [0.15, 0.2) is 5.82 Å². The van der Waals surface area contributed by atoms with Crippen LogP contribution in [0.25, 0.3) is 0 Å². The summed E-state index contributed by atoms with van der Waals surface area (Å²) in [5.74, 6) is -4.16. The zero-order chi connectivity index (χ0) is 11.4. The van der Waals surface area contributed by atoms with Crippen molar-refractivity contribution in [2.24, 2.45) is 0 Å². The fraction of sp³-hybridized carbons (Fsp3) is 0. The Labute approximate surface area is 86.4 Å². The molecule has 0 spiro atoms. The van der Waals surface area contributed by atoms with Crippen LogP contribution in [0.4, 0.5) is 13.2 Å². The van der Waals surface area contributed by atoms with E-state index in [2.05, 4.69) is 26.3 Å². The molecule has 1 aromatic heterocycles. The molecule has 0 radical (unpaired) electrons. The molecule has 0 atom stereocenters. The number of nitrogens with zero attached hydrogens (tertiary/aromatic N) is 1. The second-order valence-electron chi connectivity index (χ2n) is 1.78. The maximum absolute atomic E-state index is 11.9. The molecule has 0 bridgehead atoms. The summed E-state index contributed by atoms with van der Waals surface area (Å²) in [4.78, 5) is 2.86. The van der Waals surface area contributed by atoms with Gasteiger partial charge in [0.05, 0.1) is 0 Å². The Kier molecular flexibility index (Phi) is 5.17. The summed E-state index contributed by atoms with van der Waals surface area (Å²) in [6, 6.07) is 0.748. The largest absolute Gasteiger partial charge is 0.317 e. The van der Waals surface area contributed by atoms with Crippen LogP contribution in [0.1, 0.15) is 0 Å². The van der Waals surface area contributed by atoms with Crippen molar-refractivity contribution < 1.29 is 21.6 Å². The highest BCUT2D eigenvalue weighted by Gasteiger charge is 2.06. The fourth-order valence-electron chi connectivity index (χ4n) is 0.397. The number of hydrogen-bond donors (Lipinski definition) is 0. The first-order chi connectivity index (χ1) is 6.22. The molecule has 0 amide bonds. The number of aromatic nitrogens is 1. The van der Waals surface area contributed by atoms with Crippen LogP contribution in [0, 0.1) is 17.6 Å². The van der Waals surface area contributed by atoms with Gasteiger partial charge in [-0.3, -0.25) is 0 Å². The van der Waals surface area contributed by atoms with E-state index in [1.54, 1.807) is 0 Å². The average molecular weight is 268 g/mol. The molecule has 0 fully saturated rings. The van der Waals surface area contributed by atoms with Gasteiger partial charge in [-0.25, -0.2) is 9.37 Å².